The van der Waals surface area contributed by atoms with Crippen LogP contribution >= 0.6 is 11.6 Å². The third-order valence-electron chi connectivity index (χ3n) is 3.61. The lowest BCUT2D eigenvalue weighted by atomic mass is 10.1. The standard InChI is InChI=1S/C16H8ClF3N4/c17-15-21-12-4-2-1-3-11(12)14-22-13(23-24(14)15)9-5-7-10(8-6-9)16(18,19)20/h1-8H. The minimum atomic E-state index is -4.38. The van der Waals surface area contributed by atoms with Crippen molar-refractivity contribution in [2.45, 2.75) is 6.18 Å². The summed E-state index contributed by atoms with van der Waals surface area (Å²) in [4.78, 5) is 8.64. The molecule has 0 amide bonds. The SMILES string of the molecule is FC(F)(F)c1ccc(-c2nc3c4ccccc4nc(Cl)n3n2)cc1. The predicted octanol–water partition coefficient (Wildman–Crippen LogP) is 4.62. The van der Waals surface area contributed by atoms with E-state index in [9.17, 15) is 13.2 Å². The van der Waals surface area contributed by atoms with E-state index in [1.165, 1.54) is 16.6 Å². The van der Waals surface area contributed by atoms with Gasteiger partial charge in [0.05, 0.1) is 11.1 Å². The molecule has 0 saturated heterocycles. The van der Waals surface area contributed by atoms with Gasteiger partial charge in [-0.3, -0.25) is 0 Å². The molecule has 2 heterocycles. The molecule has 4 nitrogen and oxygen atoms in total. The Labute approximate surface area is 138 Å². The Balaban J connectivity index is 1.89. The predicted molar refractivity (Wildman–Crippen MR) is 83.7 cm³/mol. The van der Waals surface area contributed by atoms with E-state index < -0.39 is 11.7 Å². The van der Waals surface area contributed by atoms with Crippen LogP contribution in [0.3, 0.4) is 0 Å². The Morgan fingerprint density at radius 2 is 1.62 bits per heavy atom. The Kier molecular flexibility index (Phi) is 3.21. The summed E-state index contributed by atoms with van der Waals surface area (Å²) in [6, 6.07) is 12.0. The molecule has 0 N–H and O–H groups in total. The Morgan fingerprint density at radius 1 is 0.917 bits per heavy atom. The number of alkyl halides is 3. The molecule has 0 saturated carbocycles. The molecule has 4 rings (SSSR count). The van der Waals surface area contributed by atoms with E-state index in [1.807, 2.05) is 18.2 Å². The number of benzene rings is 2. The number of hydrogen-bond donors (Lipinski definition) is 0. The summed E-state index contributed by atoms with van der Waals surface area (Å²) in [5.74, 6) is 0.281. The summed E-state index contributed by atoms with van der Waals surface area (Å²) in [7, 11) is 0. The number of halogens is 4. The van der Waals surface area contributed by atoms with Crippen LogP contribution in [-0.4, -0.2) is 19.6 Å². The first-order valence-electron chi connectivity index (χ1n) is 6.92. The van der Waals surface area contributed by atoms with Gasteiger partial charge in [-0.15, -0.1) is 5.10 Å². The molecule has 2 aromatic heterocycles. The summed E-state index contributed by atoms with van der Waals surface area (Å²) in [6.07, 6.45) is -4.38. The van der Waals surface area contributed by atoms with Crippen LogP contribution in [0.25, 0.3) is 27.9 Å². The molecule has 0 fully saturated rings. The van der Waals surface area contributed by atoms with Crippen molar-refractivity contribution in [3.05, 3.63) is 59.4 Å². The van der Waals surface area contributed by atoms with Crippen molar-refractivity contribution in [1.82, 2.24) is 19.6 Å². The molecule has 0 radical (unpaired) electrons. The number of aromatic nitrogens is 4. The average Bonchev–Trinajstić information content (AvgIpc) is 3.00. The minimum absolute atomic E-state index is 0.134. The second-order valence-corrected chi connectivity index (χ2v) is 5.48. The number of fused-ring (bicyclic) bond motifs is 3. The molecule has 0 aliphatic carbocycles. The molecule has 0 aliphatic rings. The molecule has 2 aromatic carbocycles. The molecular formula is C16H8ClF3N4. The monoisotopic (exact) mass is 348 g/mol. The largest absolute Gasteiger partial charge is 0.416 e. The van der Waals surface area contributed by atoms with E-state index in [2.05, 4.69) is 15.1 Å². The quantitative estimate of drug-likeness (QED) is 0.471. The number of para-hydroxylation sites is 1. The maximum atomic E-state index is 12.7. The first kappa shape index (κ1) is 14.9. The topological polar surface area (TPSA) is 43.1 Å². The summed E-state index contributed by atoms with van der Waals surface area (Å²) < 4.78 is 39.3. The van der Waals surface area contributed by atoms with Gasteiger partial charge in [-0.25, -0.2) is 9.97 Å². The molecule has 4 aromatic rings. The Morgan fingerprint density at radius 3 is 2.33 bits per heavy atom. The summed E-state index contributed by atoms with van der Waals surface area (Å²) in [5, 5.41) is 5.15. The fourth-order valence-corrected chi connectivity index (χ4v) is 2.66. The lowest BCUT2D eigenvalue weighted by Gasteiger charge is -2.05. The molecule has 8 heteroatoms. The molecule has 24 heavy (non-hydrogen) atoms. The first-order chi connectivity index (χ1) is 11.4. The van der Waals surface area contributed by atoms with Crippen LogP contribution in [0.4, 0.5) is 13.2 Å². The van der Waals surface area contributed by atoms with Gasteiger partial charge in [-0.2, -0.15) is 17.7 Å². The van der Waals surface area contributed by atoms with E-state index in [0.29, 0.717) is 16.7 Å². The molecule has 0 aliphatic heterocycles. The normalized spacial score (nSPS) is 12.2. The van der Waals surface area contributed by atoms with Gasteiger partial charge in [0.25, 0.3) is 0 Å². The van der Waals surface area contributed by atoms with Gasteiger partial charge in [-0.05, 0) is 35.9 Å². The van der Waals surface area contributed by atoms with Crippen LogP contribution in [0, 0.1) is 0 Å². The summed E-state index contributed by atoms with van der Waals surface area (Å²) in [6.45, 7) is 0. The zero-order chi connectivity index (χ0) is 16.9. The smallest absolute Gasteiger partial charge is 0.218 e. The van der Waals surface area contributed by atoms with Crippen molar-refractivity contribution in [3.8, 4) is 11.4 Å². The third kappa shape index (κ3) is 2.37. The molecule has 0 spiro atoms. The summed E-state index contributed by atoms with van der Waals surface area (Å²) >= 11 is 6.12. The van der Waals surface area contributed by atoms with E-state index in [1.54, 1.807) is 6.07 Å². The van der Waals surface area contributed by atoms with E-state index in [-0.39, 0.29) is 11.1 Å². The first-order valence-corrected chi connectivity index (χ1v) is 7.30. The zero-order valence-electron chi connectivity index (χ0n) is 11.9. The fourth-order valence-electron chi connectivity index (χ4n) is 2.45. The van der Waals surface area contributed by atoms with Crippen molar-refractivity contribution < 1.29 is 13.2 Å². The van der Waals surface area contributed by atoms with Crippen molar-refractivity contribution in [1.29, 1.82) is 0 Å². The Bertz CT molecular complexity index is 1050. The van der Waals surface area contributed by atoms with E-state index in [4.69, 9.17) is 11.6 Å². The van der Waals surface area contributed by atoms with Crippen LogP contribution in [0.2, 0.25) is 5.28 Å². The highest BCUT2D eigenvalue weighted by Gasteiger charge is 2.30. The molecule has 0 atom stereocenters. The van der Waals surface area contributed by atoms with E-state index in [0.717, 1.165) is 17.5 Å². The van der Waals surface area contributed by atoms with Gasteiger partial charge in [0.15, 0.2) is 11.5 Å². The van der Waals surface area contributed by atoms with Crippen LogP contribution < -0.4 is 0 Å². The van der Waals surface area contributed by atoms with Gasteiger partial charge >= 0.3 is 6.18 Å². The van der Waals surface area contributed by atoms with Crippen LogP contribution in [0.5, 0.6) is 0 Å². The second-order valence-electron chi connectivity index (χ2n) is 5.14. The minimum Gasteiger partial charge on any atom is -0.218 e. The maximum Gasteiger partial charge on any atom is 0.416 e. The molecular weight excluding hydrogens is 341 g/mol. The summed E-state index contributed by atoms with van der Waals surface area (Å²) in [5.41, 5.74) is 0.911. The van der Waals surface area contributed by atoms with Crippen molar-refractivity contribution in [2.75, 3.05) is 0 Å². The Hall–Kier alpha value is -2.67. The fraction of sp³-hybridized carbons (Fsp3) is 0.0625. The van der Waals surface area contributed by atoms with Gasteiger partial charge < -0.3 is 0 Å². The zero-order valence-corrected chi connectivity index (χ0v) is 12.7. The number of rotatable bonds is 1. The van der Waals surface area contributed by atoms with Crippen LogP contribution in [-0.2, 0) is 6.18 Å². The van der Waals surface area contributed by atoms with Crippen molar-refractivity contribution in [3.63, 3.8) is 0 Å². The van der Waals surface area contributed by atoms with Crippen LogP contribution in [0.1, 0.15) is 5.56 Å². The number of nitrogens with zero attached hydrogens (tertiary/aromatic N) is 4. The average molecular weight is 349 g/mol. The highest BCUT2D eigenvalue weighted by molar-refractivity contribution is 6.29. The maximum absolute atomic E-state index is 12.7. The van der Waals surface area contributed by atoms with Gasteiger partial charge in [0.2, 0.25) is 5.28 Å². The van der Waals surface area contributed by atoms with Gasteiger partial charge in [0, 0.05) is 10.9 Å². The lowest BCUT2D eigenvalue weighted by molar-refractivity contribution is -0.137. The van der Waals surface area contributed by atoms with E-state index >= 15 is 0 Å². The highest BCUT2D eigenvalue weighted by atomic mass is 35.5. The molecule has 0 unspecified atom stereocenters. The molecule has 120 valence electrons. The number of hydrogen-bond acceptors (Lipinski definition) is 3. The lowest BCUT2D eigenvalue weighted by Crippen LogP contribution is -2.04. The van der Waals surface area contributed by atoms with Crippen LogP contribution in [0.15, 0.2) is 48.5 Å². The van der Waals surface area contributed by atoms with Gasteiger partial charge in [0.1, 0.15) is 0 Å². The van der Waals surface area contributed by atoms with Crippen molar-refractivity contribution >= 4 is 28.2 Å². The highest BCUT2D eigenvalue weighted by Crippen LogP contribution is 2.31. The molecule has 0 bridgehead atoms. The third-order valence-corrected chi connectivity index (χ3v) is 3.85. The second kappa shape index (κ2) is 5.17. The van der Waals surface area contributed by atoms with Crippen molar-refractivity contribution in [2.24, 2.45) is 0 Å². The van der Waals surface area contributed by atoms with Gasteiger partial charge in [-0.1, -0.05) is 24.3 Å².